The van der Waals surface area contributed by atoms with E-state index in [0.29, 0.717) is 41.3 Å². The van der Waals surface area contributed by atoms with E-state index in [4.69, 9.17) is 10.7 Å². The summed E-state index contributed by atoms with van der Waals surface area (Å²) in [4.78, 5) is 20.6. The summed E-state index contributed by atoms with van der Waals surface area (Å²) >= 11 is 3.51. The molecule has 0 aliphatic heterocycles. The predicted octanol–water partition coefficient (Wildman–Crippen LogP) is 1.15. The zero-order valence-electron chi connectivity index (χ0n) is 11.3. The highest BCUT2D eigenvalue weighted by molar-refractivity contribution is 9.10. The molecule has 6 aliphatic rings. The van der Waals surface area contributed by atoms with Crippen molar-refractivity contribution >= 4 is 33.2 Å². The number of hydrogen-bond acceptors (Lipinski definition) is 4. The van der Waals surface area contributed by atoms with E-state index in [9.17, 15) is 9.90 Å². The molecule has 2 heterocycles. The molecule has 6 saturated carbocycles. The fraction of sp³-hybridized carbons (Fsp3) is 0.533. The zero-order chi connectivity index (χ0) is 14.8. The third-order valence-corrected chi connectivity index (χ3v) is 8.48. The Morgan fingerprint density at radius 2 is 1.91 bits per heavy atom. The van der Waals surface area contributed by atoms with Gasteiger partial charge in [-0.25, -0.2) is 9.97 Å². The molecule has 7 heteroatoms. The van der Waals surface area contributed by atoms with Crippen LogP contribution >= 0.6 is 15.9 Å². The number of aliphatic carboxylic acids is 1. The second-order valence-electron chi connectivity index (χ2n) is 7.58. The first-order valence-corrected chi connectivity index (χ1v) is 8.40. The summed E-state index contributed by atoms with van der Waals surface area (Å²) in [5.74, 6) is 3.85. The first-order chi connectivity index (χ1) is 10.6. The quantitative estimate of drug-likeness (QED) is 0.839. The van der Waals surface area contributed by atoms with Gasteiger partial charge in [0.25, 0.3) is 0 Å². The maximum absolute atomic E-state index is 11.6. The molecule has 6 aliphatic carbocycles. The largest absolute Gasteiger partial charge is 0.481 e. The number of carboxylic acids is 1. The second-order valence-corrected chi connectivity index (χ2v) is 8.33. The highest BCUT2D eigenvalue weighted by Crippen LogP contribution is 3.09. The summed E-state index contributed by atoms with van der Waals surface area (Å²) in [6.07, 6.45) is 3.63. The molecule has 6 nitrogen and oxygen atoms in total. The maximum atomic E-state index is 11.6. The number of hydrogen-bond donors (Lipinski definition) is 2. The lowest BCUT2D eigenvalue weighted by Gasteiger charge is -3.09. The van der Waals surface area contributed by atoms with Crippen molar-refractivity contribution in [3.8, 4) is 0 Å². The highest BCUT2D eigenvalue weighted by atomic mass is 79.9. The van der Waals surface area contributed by atoms with Crippen LogP contribution in [0.3, 0.4) is 0 Å². The van der Waals surface area contributed by atoms with E-state index in [-0.39, 0.29) is 10.8 Å². The van der Waals surface area contributed by atoms with Crippen LogP contribution in [0, 0.1) is 40.9 Å². The maximum Gasteiger partial charge on any atom is 0.310 e. The van der Waals surface area contributed by atoms with E-state index in [2.05, 4.69) is 25.3 Å². The average molecular weight is 359 g/mol. The molecule has 0 atom stereocenters. The Bertz CT molecular complexity index is 912. The van der Waals surface area contributed by atoms with E-state index in [1.807, 2.05) is 6.20 Å². The minimum absolute atomic E-state index is 0.139. The van der Waals surface area contributed by atoms with Crippen LogP contribution in [0.25, 0.3) is 5.52 Å². The zero-order valence-corrected chi connectivity index (χ0v) is 12.9. The molecule has 6 fully saturated rings. The van der Waals surface area contributed by atoms with Crippen LogP contribution in [0.1, 0.15) is 5.82 Å². The smallest absolute Gasteiger partial charge is 0.310 e. The van der Waals surface area contributed by atoms with Gasteiger partial charge in [0.05, 0.1) is 5.41 Å². The summed E-state index contributed by atoms with van der Waals surface area (Å²) in [6.45, 7) is 0. The minimum atomic E-state index is -0.549. The van der Waals surface area contributed by atoms with Gasteiger partial charge >= 0.3 is 5.97 Å². The number of imidazole rings is 1. The molecule has 2 aromatic heterocycles. The summed E-state index contributed by atoms with van der Waals surface area (Å²) in [5, 5.41) is 9.58. The van der Waals surface area contributed by atoms with Gasteiger partial charge in [-0.15, -0.1) is 0 Å². The van der Waals surface area contributed by atoms with Gasteiger partial charge in [0.15, 0.2) is 5.82 Å². The molecule has 0 saturated heterocycles. The van der Waals surface area contributed by atoms with Crippen LogP contribution in [-0.4, -0.2) is 25.4 Å². The van der Waals surface area contributed by atoms with Gasteiger partial charge in [0, 0.05) is 17.8 Å². The molecule has 8 rings (SSSR count). The molecule has 2 aromatic rings. The Morgan fingerprint density at radius 1 is 1.27 bits per heavy atom. The Hall–Kier alpha value is -1.63. The first-order valence-electron chi connectivity index (χ1n) is 7.61. The van der Waals surface area contributed by atoms with Gasteiger partial charge in [-0.3, -0.25) is 9.20 Å². The van der Waals surface area contributed by atoms with E-state index >= 15 is 0 Å². The van der Waals surface area contributed by atoms with Crippen LogP contribution in [-0.2, 0) is 10.2 Å². The van der Waals surface area contributed by atoms with Crippen molar-refractivity contribution in [1.82, 2.24) is 14.4 Å². The molecule has 0 bridgehead atoms. The Kier molecular flexibility index (Phi) is 1.29. The normalized spacial score (nSPS) is 53.7. The number of rotatable bonds is 2. The lowest BCUT2D eigenvalue weighted by molar-refractivity contribution is -0.614. The third-order valence-electron chi connectivity index (χ3n) is 7.93. The van der Waals surface area contributed by atoms with Crippen molar-refractivity contribution in [2.24, 2.45) is 40.9 Å². The molecule has 3 N–H and O–H groups in total. The van der Waals surface area contributed by atoms with E-state index in [1.54, 1.807) is 6.20 Å². The number of nitrogens with two attached hydrogens (primary N) is 1. The second kappa shape index (κ2) is 2.58. The Morgan fingerprint density at radius 3 is 2.50 bits per heavy atom. The van der Waals surface area contributed by atoms with Crippen molar-refractivity contribution in [3.63, 3.8) is 0 Å². The molecular formula is C15H11BrN4O2. The van der Waals surface area contributed by atoms with Gasteiger partial charge in [-0.05, 0) is 51.4 Å². The van der Waals surface area contributed by atoms with E-state index < -0.39 is 5.97 Å². The van der Waals surface area contributed by atoms with Crippen LogP contribution in [0.15, 0.2) is 17.0 Å². The van der Waals surface area contributed by atoms with Gasteiger partial charge in [-0.2, -0.15) is 0 Å². The monoisotopic (exact) mass is 358 g/mol. The fourth-order valence-electron chi connectivity index (χ4n) is 7.73. The van der Waals surface area contributed by atoms with Crippen LogP contribution in [0.4, 0.5) is 5.82 Å². The van der Waals surface area contributed by atoms with Gasteiger partial charge in [0.2, 0.25) is 0 Å². The lowest BCUT2D eigenvalue weighted by atomic mass is 8.92. The summed E-state index contributed by atoms with van der Waals surface area (Å²) in [5.41, 5.74) is 6.64. The SMILES string of the molecule is Nc1nccn2c(C34C5C6C3C3C4C5C63C(=O)O)nc(Br)c12. The van der Waals surface area contributed by atoms with Crippen molar-refractivity contribution in [2.75, 3.05) is 5.73 Å². The number of carboxylic acid groups (broad SMARTS) is 1. The van der Waals surface area contributed by atoms with Crippen molar-refractivity contribution in [2.45, 2.75) is 5.41 Å². The molecule has 0 unspecified atom stereocenters. The number of nitrogen functional groups attached to an aromatic ring is 1. The fourth-order valence-corrected chi connectivity index (χ4v) is 8.29. The van der Waals surface area contributed by atoms with Gasteiger partial charge < -0.3 is 10.8 Å². The Balaban J connectivity index is 1.44. The van der Waals surface area contributed by atoms with E-state index in [0.717, 1.165) is 15.9 Å². The number of anilines is 1. The molecule has 0 spiro atoms. The number of nitrogens with zero attached hydrogens (tertiary/aromatic N) is 3. The molecule has 110 valence electrons. The Labute approximate surface area is 132 Å². The van der Waals surface area contributed by atoms with Crippen molar-refractivity contribution < 1.29 is 9.90 Å². The lowest BCUT2D eigenvalue weighted by Crippen LogP contribution is -3.12. The molecule has 0 amide bonds. The van der Waals surface area contributed by atoms with Crippen LogP contribution in [0.5, 0.6) is 0 Å². The molecular weight excluding hydrogens is 348 g/mol. The summed E-state index contributed by atoms with van der Waals surface area (Å²) in [7, 11) is 0. The predicted molar refractivity (Wildman–Crippen MR) is 77.8 cm³/mol. The van der Waals surface area contributed by atoms with Crippen molar-refractivity contribution in [3.05, 3.63) is 22.8 Å². The van der Waals surface area contributed by atoms with Gasteiger partial charge in [0.1, 0.15) is 15.9 Å². The standard InChI is InChI=1S/C15H11BrN4O2/c16-10-9-11(17)18-1-2-20(9)12(19-10)14-3-6-4(14)8-5(14)7(3)15(6,8)13(21)22/h1-8H,(H2,17,18)(H,21,22). The average Bonchev–Trinajstić information content (AvgIpc) is 2.85. The van der Waals surface area contributed by atoms with Crippen LogP contribution in [0.2, 0.25) is 0 Å². The van der Waals surface area contributed by atoms with Crippen molar-refractivity contribution in [1.29, 1.82) is 0 Å². The number of halogens is 1. The number of fused-ring (bicyclic) bond motifs is 1. The highest BCUT2D eigenvalue weighted by Gasteiger charge is 3.12. The minimum Gasteiger partial charge on any atom is -0.481 e. The summed E-state index contributed by atoms with van der Waals surface area (Å²) < 4.78 is 2.82. The molecule has 0 radical (unpaired) electrons. The number of aromatic nitrogens is 3. The molecule has 22 heavy (non-hydrogen) atoms. The topological polar surface area (TPSA) is 93.5 Å². The summed E-state index contributed by atoms with van der Waals surface area (Å²) in [6, 6.07) is 0. The van der Waals surface area contributed by atoms with Crippen LogP contribution < -0.4 is 5.73 Å². The van der Waals surface area contributed by atoms with E-state index in [1.165, 1.54) is 0 Å². The first kappa shape index (κ1) is 11.0. The number of carbonyl (C=O) groups is 1. The molecule has 0 aromatic carbocycles. The third kappa shape index (κ3) is 0.597. The van der Waals surface area contributed by atoms with Gasteiger partial charge in [-0.1, -0.05) is 0 Å².